The third-order valence-corrected chi connectivity index (χ3v) is 15.5. The zero-order valence-electron chi connectivity index (χ0n) is 37.7. The number of pyridine rings is 2. The van der Waals surface area contributed by atoms with Gasteiger partial charge in [0, 0.05) is 42.3 Å². The van der Waals surface area contributed by atoms with E-state index in [2.05, 4.69) is 182 Å². The molecule has 8 aromatic rings. The summed E-state index contributed by atoms with van der Waals surface area (Å²) < 4.78 is 10.5. The van der Waals surface area contributed by atoms with Gasteiger partial charge in [-0.3, -0.25) is 4.98 Å². The summed E-state index contributed by atoms with van der Waals surface area (Å²) in [6, 6.07) is 38.6. The Morgan fingerprint density at radius 2 is 1.48 bits per heavy atom. The molecule has 0 amide bonds. The number of hydrogen-bond acceptors (Lipinski definition) is 4. The van der Waals surface area contributed by atoms with E-state index in [1.54, 1.807) is 4.40 Å². The molecule has 7 heteroatoms. The van der Waals surface area contributed by atoms with Gasteiger partial charge in [-0.2, -0.15) is 0 Å². The molecule has 1 radical (unpaired) electrons. The van der Waals surface area contributed by atoms with E-state index in [0.29, 0.717) is 23.5 Å². The molecule has 0 spiro atoms. The molecule has 0 saturated carbocycles. The van der Waals surface area contributed by atoms with Crippen molar-refractivity contribution in [2.45, 2.75) is 110 Å². The summed E-state index contributed by atoms with van der Waals surface area (Å²) in [5.74, 6) is 9.53. The Hall–Kier alpha value is -4.36. The van der Waals surface area contributed by atoms with Crippen LogP contribution in [0.2, 0.25) is 17.3 Å². The molecule has 0 aliphatic rings. The topological polar surface area (TPSA) is 56.7 Å². The number of imidazole rings is 1. The number of benzene rings is 4. The van der Waals surface area contributed by atoms with Crippen molar-refractivity contribution in [2.75, 3.05) is 0 Å². The van der Waals surface area contributed by atoms with E-state index in [1.165, 1.54) is 22.4 Å². The summed E-state index contributed by atoms with van der Waals surface area (Å²) in [6.07, 6.45) is 3.27. The van der Waals surface area contributed by atoms with E-state index in [9.17, 15) is 0 Å². The van der Waals surface area contributed by atoms with E-state index >= 15 is 0 Å². The number of fused-ring (bicyclic) bond motifs is 4. The van der Waals surface area contributed by atoms with Crippen molar-refractivity contribution in [2.24, 2.45) is 5.92 Å². The van der Waals surface area contributed by atoms with Crippen LogP contribution in [-0.2, 0) is 31.9 Å². The number of nitrogens with zero attached hydrogens (tertiary/aromatic N) is 4. The standard InChI is InChI=1S/C35H36N3O.C18H24GeN.Ir/c1-20(2)23-12-11-13-24(21(3)4)31(23)38-28-15-10-9-14-27(28)36-33(38)26-17-16-22(5)30-25-18-19-29(35(6,7)8)37-34(25)39-32(26)30;1-14(2)11-16-12-18(15-9-7-6-8-10-15)20-13-17(16)19(3,4)5;/h9-16,18-21H,1-8H3;6-9,12-14H,11H2,1-5H3;/q2*-1;. The molecule has 4 aromatic carbocycles. The summed E-state index contributed by atoms with van der Waals surface area (Å²) in [4.78, 5) is 14.9. The third kappa shape index (κ3) is 9.12. The molecule has 60 heavy (non-hydrogen) atoms. The van der Waals surface area contributed by atoms with E-state index in [0.717, 1.165) is 67.7 Å². The van der Waals surface area contributed by atoms with E-state index in [-0.39, 0.29) is 25.5 Å². The van der Waals surface area contributed by atoms with Crippen LogP contribution in [0, 0.1) is 25.0 Å². The van der Waals surface area contributed by atoms with Gasteiger partial charge in [0.25, 0.3) is 0 Å². The van der Waals surface area contributed by atoms with Gasteiger partial charge in [0.15, 0.2) is 0 Å². The first-order valence-electron chi connectivity index (χ1n) is 21.3. The maximum atomic E-state index is 6.60. The van der Waals surface area contributed by atoms with Crippen LogP contribution in [0.1, 0.15) is 102 Å². The van der Waals surface area contributed by atoms with Gasteiger partial charge in [0.1, 0.15) is 0 Å². The second-order valence-electron chi connectivity index (χ2n) is 19.2. The van der Waals surface area contributed by atoms with Crippen molar-refractivity contribution in [1.29, 1.82) is 0 Å². The van der Waals surface area contributed by atoms with Crippen molar-refractivity contribution in [3.63, 3.8) is 0 Å². The van der Waals surface area contributed by atoms with Crippen LogP contribution in [0.15, 0.2) is 102 Å². The Balaban J connectivity index is 0.000000243. The molecule has 0 unspecified atom stereocenters. The van der Waals surface area contributed by atoms with Crippen LogP contribution >= 0.6 is 0 Å². The van der Waals surface area contributed by atoms with Crippen molar-refractivity contribution in [3.05, 3.63) is 137 Å². The smallest absolute Gasteiger partial charge is 0.216 e. The fourth-order valence-corrected chi connectivity index (χ4v) is 11.5. The summed E-state index contributed by atoms with van der Waals surface area (Å²) in [6.45, 7) is 22.3. The van der Waals surface area contributed by atoms with Crippen LogP contribution < -0.4 is 4.40 Å². The Morgan fingerprint density at radius 1 is 0.800 bits per heavy atom. The molecule has 0 bridgehead atoms. The van der Waals surface area contributed by atoms with Gasteiger partial charge in [-0.15, -0.1) is 17.7 Å². The third-order valence-electron chi connectivity index (χ3n) is 11.1. The fourth-order valence-electron chi connectivity index (χ4n) is 8.12. The zero-order chi connectivity index (χ0) is 42.4. The molecule has 0 aliphatic heterocycles. The van der Waals surface area contributed by atoms with Gasteiger partial charge in [0.2, 0.25) is 5.71 Å². The normalized spacial score (nSPS) is 12.1. The number of aromatic nitrogens is 4. The summed E-state index contributed by atoms with van der Waals surface area (Å²) in [7, 11) is 0. The molecular formula is C53H60GeIrN4O-2. The Labute approximate surface area is 374 Å². The first-order chi connectivity index (χ1) is 27.9. The Kier molecular flexibility index (Phi) is 13.5. The number of hydrogen-bond donors (Lipinski definition) is 0. The average molecular weight is 1030 g/mol. The second-order valence-corrected chi connectivity index (χ2v) is 29.7. The van der Waals surface area contributed by atoms with Crippen LogP contribution in [0.4, 0.5) is 0 Å². The molecule has 313 valence electrons. The van der Waals surface area contributed by atoms with Gasteiger partial charge in [0.05, 0.1) is 22.4 Å². The van der Waals surface area contributed by atoms with Gasteiger partial charge >= 0.3 is 126 Å². The van der Waals surface area contributed by atoms with Crippen LogP contribution in [0.5, 0.6) is 0 Å². The SMILES string of the molecule is CC(C)Cc1cc(-c2[c-]cccc2)nc[c]1[Ge]([CH3])([CH3])[CH3].Cc1c[c-]c(-c2nc3ccccc3n2-c2c(C(C)C)cccc2C(C)C)c2oc3nc(C(C)(C)C)ccc3c12.[Ir]. The van der Waals surface area contributed by atoms with Gasteiger partial charge in [-0.05, 0) is 47.2 Å². The number of para-hydroxylation sites is 3. The van der Waals surface area contributed by atoms with Crippen LogP contribution in [0.3, 0.4) is 0 Å². The van der Waals surface area contributed by atoms with Gasteiger partial charge in [-0.25, -0.2) is 4.98 Å². The van der Waals surface area contributed by atoms with E-state index < -0.39 is 13.3 Å². The van der Waals surface area contributed by atoms with E-state index in [1.807, 2.05) is 18.2 Å². The van der Waals surface area contributed by atoms with E-state index in [4.69, 9.17) is 19.4 Å². The summed E-state index contributed by atoms with van der Waals surface area (Å²) in [5.41, 5.74) is 13.8. The summed E-state index contributed by atoms with van der Waals surface area (Å²) >= 11 is -1.86. The molecule has 4 heterocycles. The maximum Gasteiger partial charge on any atom is 0.216 e. The monoisotopic (exact) mass is 1040 g/mol. The molecule has 0 N–H and O–H groups in total. The molecule has 4 aromatic heterocycles. The second kappa shape index (κ2) is 17.9. The average Bonchev–Trinajstić information content (AvgIpc) is 3.76. The number of rotatable bonds is 8. The predicted molar refractivity (Wildman–Crippen MR) is 252 cm³/mol. The first kappa shape index (κ1) is 45.2. The minimum atomic E-state index is -1.86. The number of furan rings is 1. The maximum absolute atomic E-state index is 6.60. The molecule has 0 fully saturated rings. The number of aryl methyl sites for hydroxylation is 1. The molecule has 5 nitrogen and oxygen atoms in total. The molecule has 0 atom stereocenters. The minimum absolute atomic E-state index is 0. The van der Waals surface area contributed by atoms with Gasteiger partial charge in [-0.1, -0.05) is 96.7 Å². The predicted octanol–water partition coefficient (Wildman–Crippen LogP) is 13.9. The first-order valence-corrected chi connectivity index (χ1v) is 28.6. The minimum Gasteiger partial charge on any atom is -0.486 e. The van der Waals surface area contributed by atoms with Crippen LogP contribution in [0.25, 0.3) is 61.4 Å². The van der Waals surface area contributed by atoms with Crippen molar-refractivity contribution in [1.82, 2.24) is 19.5 Å². The molecule has 0 saturated heterocycles. The molecule has 8 rings (SSSR count). The van der Waals surface area contributed by atoms with Crippen molar-refractivity contribution in [3.8, 4) is 28.3 Å². The van der Waals surface area contributed by atoms with Crippen molar-refractivity contribution < 1.29 is 24.5 Å². The largest absolute Gasteiger partial charge is 0.486 e. The quantitative estimate of drug-likeness (QED) is 0.112. The Bertz CT molecular complexity index is 2740. The Morgan fingerprint density at radius 3 is 2.10 bits per heavy atom. The molecule has 0 aliphatic carbocycles. The summed E-state index contributed by atoms with van der Waals surface area (Å²) in [5, 5.41) is 2.10. The zero-order valence-corrected chi connectivity index (χ0v) is 42.2. The van der Waals surface area contributed by atoms with Crippen LogP contribution in [-0.4, -0.2) is 32.8 Å². The fraction of sp³-hybridized carbons (Fsp3) is 0.340. The van der Waals surface area contributed by atoms with Crippen molar-refractivity contribution >= 4 is 50.8 Å². The molecular weight excluding hydrogens is 973 g/mol. The van der Waals surface area contributed by atoms with Gasteiger partial charge < -0.3 is 8.98 Å².